The molecule has 0 bridgehead atoms. The largest absolute Gasteiger partial charge is 0.468 e. The molecule has 0 aliphatic heterocycles. The van der Waals surface area contributed by atoms with E-state index in [1.54, 1.807) is 0 Å². The SMILES string of the molecule is COC(=O)C(N)C(C)(C)C(F)F. The lowest BCUT2D eigenvalue weighted by Crippen LogP contribution is -2.48. The Bertz CT molecular complexity index is 171. The van der Waals surface area contributed by atoms with Crippen LogP contribution in [0.15, 0.2) is 0 Å². The Balaban J connectivity index is 4.45. The molecule has 0 radical (unpaired) electrons. The second-order valence-electron chi connectivity index (χ2n) is 3.12. The van der Waals surface area contributed by atoms with E-state index in [9.17, 15) is 13.6 Å². The summed E-state index contributed by atoms with van der Waals surface area (Å²) < 4.78 is 28.8. The maximum absolute atomic E-state index is 12.3. The Hall–Kier alpha value is -0.710. The topological polar surface area (TPSA) is 52.3 Å². The number of hydrogen-bond donors (Lipinski definition) is 1. The van der Waals surface area contributed by atoms with E-state index in [2.05, 4.69) is 4.74 Å². The molecule has 0 heterocycles. The van der Waals surface area contributed by atoms with Crippen molar-refractivity contribution >= 4 is 5.97 Å². The molecule has 0 aromatic carbocycles. The highest BCUT2D eigenvalue weighted by Gasteiger charge is 2.40. The molecule has 0 aliphatic carbocycles. The Morgan fingerprint density at radius 1 is 1.50 bits per heavy atom. The van der Waals surface area contributed by atoms with Crippen LogP contribution >= 0.6 is 0 Å². The number of alkyl halides is 2. The van der Waals surface area contributed by atoms with Gasteiger partial charge in [0.15, 0.2) is 0 Å². The van der Waals surface area contributed by atoms with Crippen LogP contribution in [0.5, 0.6) is 0 Å². The highest BCUT2D eigenvalue weighted by molar-refractivity contribution is 5.76. The number of nitrogens with two attached hydrogens (primary N) is 1. The molecule has 0 rings (SSSR count). The molecule has 0 aromatic heterocycles. The second-order valence-corrected chi connectivity index (χ2v) is 3.12. The van der Waals surface area contributed by atoms with Crippen LogP contribution in [0.3, 0.4) is 0 Å². The van der Waals surface area contributed by atoms with Gasteiger partial charge in [0.2, 0.25) is 6.43 Å². The summed E-state index contributed by atoms with van der Waals surface area (Å²) in [4.78, 5) is 10.8. The van der Waals surface area contributed by atoms with Crippen LogP contribution in [0.1, 0.15) is 13.8 Å². The van der Waals surface area contributed by atoms with E-state index in [-0.39, 0.29) is 0 Å². The van der Waals surface area contributed by atoms with Gasteiger partial charge in [-0.1, -0.05) is 13.8 Å². The van der Waals surface area contributed by atoms with Crippen LogP contribution < -0.4 is 5.73 Å². The number of hydrogen-bond acceptors (Lipinski definition) is 3. The predicted octanol–water partition coefficient (Wildman–Crippen LogP) is 0.778. The summed E-state index contributed by atoms with van der Waals surface area (Å²) >= 11 is 0. The van der Waals surface area contributed by atoms with E-state index in [0.717, 1.165) is 7.11 Å². The van der Waals surface area contributed by atoms with Crippen LogP contribution in [-0.4, -0.2) is 25.5 Å². The molecular weight excluding hydrogens is 168 g/mol. The van der Waals surface area contributed by atoms with Gasteiger partial charge in [0.25, 0.3) is 0 Å². The van der Waals surface area contributed by atoms with E-state index >= 15 is 0 Å². The minimum Gasteiger partial charge on any atom is -0.468 e. The van der Waals surface area contributed by atoms with Gasteiger partial charge in [0.05, 0.1) is 12.5 Å². The summed E-state index contributed by atoms with van der Waals surface area (Å²) in [6, 6.07) is -1.29. The first-order valence-electron chi connectivity index (χ1n) is 3.45. The molecular formula is C7H13F2NO2. The number of esters is 1. The number of rotatable bonds is 3. The van der Waals surface area contributed by atoms with E-state index in [0.29, 0.717) is 0 Å². The molecule has 1 atom stereocenters. The molecule has 0 aliphatic rings. The van der Waals surface area contributed by atoms with E-state index in [1.807, 2.05) is 0 Å². The third-order valence-corrected chi connectivity index (χ3v) is 1.82. The number of ether oxygens (including phenoxy) is 1. The molecule has 0 saturated heterocycles. The van der Waals surface area contributed by atoms with E-state index in [1.165, 1.54) is 13.8 Å². The fourth-order valence-electron chi connectivity index (χ4n) is 0.566. The standard InChI is InChI=1S/C7H13F2NO2/c1-7(2,6(8)9)4(10)5(11)12-3/h4,6H,10H2,1-3H3. The summed E-state index contributed by atoms with van der Waals surface area (Å²) in [5, 5.41) is 0. The molecule has 72 valence electrons. The van der Waals surface area contributed by atoms with Crippen molar-refractivity contribution < 1.29 is 18.3 Å². The first-order chi connectivity index (χ1) is 5.34. The van der Waals surface area contributed by atoms with Gasteiger partial charge in [0, 0.05) is 0 Å². The van der Waals surface area contributed by atoms with Gasteiger partial charge >= 0.3 is 5.97 Å². The molecule has 2 N–H and O–H groups in total. The lowest BCUT2D eigenvalue weighted by molar-refractivity contribution is -0.148. The summed E-state index contributed by atoms with van der Waals surface area (Å²) in [5.41, 5.74) is 3.70. The summed E-state index contributed by atoms with van der Waals surface area (Å²) in [7, 11) is 1.11. The number of carbonyl (C=O) groups is 1. The quantitative estimate of drug-likeness (QED) is 0.654. The molecule has 1 unspecified atom stereocenters. The molecule has 12 heavy (non-hydrogen) atoms. The van der Waals surface area contributed by atoms with Gasteiger partial charge in [0.1, 0.15) is 6.04 Å². The third-order valence-electron chi connectivity index (χ3n) is 1.82. The zero-order valence-corrected chi connectivity index (χ0v) is 7.30. The molecule has 0 fully saturated rings. The summed E-state index contributed by atoms with van der Waals surface area (Å²) in [5.74, 6) is -0.819. The lowest BCUT2D eigenvalue weighted by Gasteiger charge is -2.28. The van der Waals surface area contributed by atoms with E-state index in [4.69, 9.17) is 5.73 Å². The Kier molecular flexibility index (Phi) is 3.57. The molecule has 0 saturated carbocycles. The normalized spacial score (nSPS) is 14.6. The fourth-order valence-corrected chi connectivity index (χ4v) is 0.566. The minimum atomic E-state index is -2.65. The monoisotopic (exact) mass is 181 g/mol. The fraction of sp³-hybridized carbons (Fsp3) is 0.857. The first-order valence-corrected chi connectivity index (χ1v) is 3.45. The van der Waals surface area contributed by atoms with Crippen molar-refractivity contribution in [3.63, 3.8) is 0 Å². The number of methoxy groups -OCH3 is 1. The third kappa shape index (κ3) is 2.14. The summed E-state index contributed by atoms with van der Waals surface area (Å²) in [6.07, 6.45) is -2.65. The van der Waals surface area contributed by atoms with Gasteiger partial charge in [-0.15, -0.1) is 0 Å². The Morgan fingerprint density at radius 2 is 1.92 bits per heavy atom. The number of halogens is 2. The maximum atomic E-state index is 12.3. The first kappa shape index (κ1) is 11.3. The molecule has 3 nitrogen and oxygen atoms in total. The van der Waals surface area contributed by atoms with Crippen molar-refractivity contribution in [3.8, 4) is 0 Å². The van der Waals surface area contributed by atoms with Crippen LogP contribution in [-0.2, 0) is 9.53 Å². The average Bonchev–Trinajstić information content (AvgIpc) is 2.01. The average molecular weight is 181 g/mol. The van der Waals surface area contributed by atoms with Gasteiger partial charge in [-0.25, -0.2) is 8.78 Å². The highest BCUT2D eigenvalue weighted by atomic mass is 19.3. The van der Waals surface area contributed by atoms with Gasteiger partial charge in [-0.05, 0) is 0 Å². The van der Waals surface area contributed by atoms with Gasteiger partial charge in [-0.3, -0.25) is 4.79 Å². The van der Waals surface area contributed by atoms with Crippen LogP contribution in [0.4, 0.5) is 8.78 Å². The number of carbonyl (C=O) groups excluding carboxylic acids is 1. The predicted molar refractivity (Wildman–Crippen MR) is 39.8 cm³/mol. The zero-order chi connectivity index (χ0) is 9.94. The lowest BCUT2D eigenvalue weighted by atomic mass is 9.85. The summed E-state index contributed by atoms with van der Waals surface area (Å²) in [6.45, 7) is 2.44. The van der Waals surface area contributed by atoms with Gasteiger partial charge in [-0.2, -0.15) is 0 Å². The second kappa shape index (κ2) is 3.80. The molecule has 0 spiro atoms. The van der Waals surface area contributed by atoms with Crippen molar-refractivity contribution in [2.45, 2.75) is 26.3 Å². The molecule has 0 aromatic rings. The van der Waals surface area contributed by atoms with Gasteiger partial charge < -0.3 is 10.5 Å². The van der Waals surface area contributed by atoms with Crippen molar-refractivity contribution in [1.29, 1.82) is 0 Å². The van der Waals surface area contributed by atoms with Crippen LogP contribution in [0.25, 0.3) is 0 Å². The smallest absolute Gasteiger partial charge is 0.323 e. The van der Waals surface area contributed by atoms with Crippen LogP contribution in [0.2, 0.25) is 0 Å². The molecule has 5 heteroatoms. The zero-order valence-electron chi connectivity index (χ0n) is 7.30. The van der Waals surface area contributed by atoms with Crippen molar-refractivity contribution in [2.24, 2.45) is 11.1 Å². The van der Waals surface area contributed by atoms with Crippen molar-refractivity contribution in [3.05, 3.63) is 0 Å². The van der Waals surface area contributed by atoms with Crippen molar-refractivity contribution in [2.75, 3.05) is 7.11 Å². The molecule has 0 amide bonds. The Morgan fingerprint density at radius 3 is 2.17 bits per heavy atom. The Labute approximate surface area is 69.9 Å². The maximum Gasteiger partial charge on any atom is 0.323 e. The van der Waals surface area contributed by atoms with Crippen LogP contribution in [0, 0.1) is 5.41 Å². The highest BCUT2D eigenvalue weighted by Crippen LogP contribution is 2.28. The minimum absolute atomic E-state index is 0.819. The van der Waals surface area contributed by atoms with Crippen molar-refractivity contribution in [1.82, 2.24) is 0 Å². The van der Waals surface area contributed by atoms with E-state index < -0.39 is 23.9 Å².